The highest BCUT2D eigenvalue weighted by molar-refractivity contribution is 5.89. The molecule has 4 N–H and O–H groups in total. The highest BCUT2D eigenvalue weighted by atomic mass is 16.5. The molecule has 1 aromatic rings. The van der Waals surface area contributed by atoms with Gasteiger partial charge in [-0.05, 0) is 24.1 Å². The van der Waals surface area contributed by atoms with E-state index in [1.807, 2.05) is 19.1 Å². The second-order valence-electron chi connectivity index (χ2n) is 3.64. The van der Waals surface area contributed by atoms with Gasteiger partial charge in [0.15, 0.2) is 5.96 Å². The maximum atomic E-state index is 10.3. The van der Waals surface area contributed by atoms with Gasteiger partial charge >= 0.3 is 6.47 Å². The zero-order chi connectivity index (χ0) is 12.7. The van der Waals surface area contributed by atoms with Gasteiger partial charge < -0.3 is 15.8 Å². The van der Waals surface area contributed by atoms with Crippen molar-refractivity contribution in [3.05, 3.63) is 29.8 Å². The summed E-state index contributed by atoms with van der Waals surface area (Å²) in [6.07, 6.45) is 1.41. The molecule has 1 radical (unpaired) electrons. The van der Waals surface area contributed by atoms with E-state index in [9.17, 15) is 4.79 Å². The maximum absolute atomic E-state index is 10.3. The maximum Gasteiger partial charge on any atom is 0.418 e. The molecule has 0 aliphatic rings. The number of hydrogen-bond acceptors (Lipinski definition) is 3. The van der Waals surface area contributed by atoms with Gasteiger partial charge in [0, 0.05) is 5.69 Å². The largest absolute Gasteiger partial charge is 0.449 e. The highest BCUT2D eigenvalue weighted by Gasteiger charge is 2.11. The van der Waals surface area contributed by atoms with E-state index in [1.165, 1.54) is 6.47 Å². The Bertz CT molecular complexity index is 376. The smallest absolute Gasteiger partial charge is 0.418 e. The van der Waals surface area contributed by atoms with Gasteiger partial charge in [0.05, 0.1) is 0 Å². The Morgan fingerprint density at radius 2 is 2.18 bits per heavy atom. The number of hydrogen-bond donors (Lipinski definition) is 3. The number of benzene rings is 1. The van der Waals surface area contributed by atoms with Crippen LogP contribution in [0.15, 0.2) is 24.3 Å². The van der Waals surface area contributed by atoms with Gasteiger partial charge in [0.1, 0.15) is 6.10 Å². The van der Waals surface area contributed by atoms with Crippen LogP contribution in [-0.2, 0) is 9.53 Å². The molecule has 0 saturated carbocycles. The molecule has 0 spiro atoms. The number of ether oxygens (including phenoxy) is 1. The summed E-state index contributed by atoms with van der Waals surface area (Å²) in [5, 5.41) is 9.77. The molecule has 91 valence electrons. The second kappa shape index (κ2) is 6.52. The summed E-state index contributed by atoms with van der Waals surface area (Å²) in [7, 11) is 0. The highest BCUT2D eigenvalue weighted by Crippen LogP contribution is 2.23. The molecule has 0 aliphatic heterocycles. The van der Waals surface area contributed by atoms with Crippen molar-refractivity contribution in [2.24, 2.45) is 5.73 Å². The Kier molecular flexibility index (Phi) is 5.00. The lowest BCUT2D eigenvalue weighted by atomic mass is 10.0. The zero-order valence-corrected chi connectivity index (χ0v) is 9.69. The molecule has 1 unspecified atom stereocenters. The van der Waals surface area contributed by atoms with Gasteiger partial charge in [-0.2, -0.15) is 0 Å². The van der Waals surface area contributed by atoms with Gasteiger partial charge in [-0.15, -0.1) is 0 Å². The normalized spacial score (nSPS) is 11.6. The molecule has 17 heavy (non-hydrogen) atoms. The van der Waals surface area contributed by atoms with Crippen LogP contribution in [0.5, 0.6) is 0 Å². The summed E-state index contributed by atoms with van der Waals surface area (Å²) in [4.78, 5) is 10.3. The van der Waals surface area contributed by atoms with Crippen molar-refractivity contribution >= 4 is 18.1 Å². The van der Waals surface area contributed by atoms with E-state index in [0.717, 1.165) is 24.1 Å². The molecular weight excluding hydrogens is 218 g/mol. The Morgan fingerprint density at radius 3 is 2.65 bits per heavy atom. The fourth-order valence-electron chi connectivity index (χ4n) is 1.55. The van der Waals surface area contributed by atoms with Gasteiger partial charge in [-0.1, -0.05) is 25.5 Å². The van der Waals surface area contributed by atoms with Crippen molar-refractivity contribution in [1.29, 1.82) is 5.41 Å². The molecule has 1 rings (SSSR count). The Labute approximate surface area is 100 Å². The predicted octanol–water partition coefficient (Wildman–Crippen LogP) is 1.92. The van der Waals surface area contributed by atoms with Crippen LogP contribution in [0, 0.1) is 5.41 Å². The molecule has 1 aromatic carbocycles. The minimum atomic E-state index is -0.260. The van der Waals surface area contributed by atoms with E-state index < -0.39 is 0 Å². The van der Waals surface area contributed by atoms with Crippen molar-refractivity contribution in [3.63, 3.8) is 0 Å². The summed E-state index contributed by atoms with van der Waals surface area (Å²) in [6.45, 7) is 3.50. The van der Waals surface area contributed by atoms with E-state index in [2.05, 4.69) is 5.32 Å². The Morgan fingerprint density at radius 1 is 1.53 bits per heavy atom. The van der Waals surface area contributed by atoms with E-state index >= 15 is 0 Å². The minimum absolute atomic E-state index is 0.111. The van der Waals surface area contributed by atoms with Crippen LogP contribution < -0.4 is 11.1 Å². The third kappa shape index (κ3) is 4.14. The lowest BCUT2D eigenvalue weighted by Crippen LogP contribution is -2.20. The summed E-state index contributed by atoms with van der Waals surface area (Å²) >= 11 is 0. The van der Waals surface area contributed by atoms with E-state index in [0.29, 0.717) is 0 Å². The topological polar surface area (TPSA) is 88.2 Å². The third-order valence-electron chi connectivity index (χ3n) is 2.30. The quantitative estimate of drug-likeness (QED) is 0.518. The first-order valence-corrected chi connectivity index (χ1v) is 5.41. The average Bonchev–Trinajstić information content (AvgIpc) is 2.29. The number of carbonyl (C=O) groups excluding carboxylic acids is 1. The van der Waals surface area contributed by atoms with Crippen LogP contribution in [0.25, 0.3) is 0 Å². The molecule has 5 heteroatoms. The first-order chi connectivity index (χ1) is 8.17. The summed E-state index contributed by atoms with van der Waals surface area (Å²) in [5.74, 6) is -0.111. The van der Waals surface area contributed by atoms with E-state index in [-0.39, 0.29) is 12.1 Å². The predicted molar refractivity (Wildman–Crippen MR) is 66.4 cm³/mol. The molecule has 0 saturated heterocycles. The minimum Gasteiger partial charge on any atom is -0.449 e. The Hall–Kier alpha value is -2.04. The monoisotopic (exact) mass is 234 g/mol. The molecule has 0 aromatic heterocycles. The molecule has 0 aliphatic carbocycles. The third-order valence-corrected chi connectivity index (χ3v) is 2.30. The fourth-order valence-corrected chi connectivity index (χ4v) is 1.55. The first-order valence-electron chi connectivity index (χ1n) is 5.41. The molecule has 0 amide bonds. The van der Waals surface area contributed by atoms with Gasteiger partial charge in [-0.25, -0.2) is 4.79 Å². The Balaban J connectivity index is 2.76. The van der Waals surface area contributed by atoms with Gasteiger partial charge in [0.25, 0.3) is 0 Å². The SMILES string of the molecule is CCCC(O[C]=O)c1ccc(NC(=N)N)cc1. The number of nitrogens with two attached hydrogens (primary N) is 1. The second-order valence-corrected chi connectivity index (χ2v) is 3.64. The van der Waals surface area contributed by atoms with Crippen LogP contribution in [0.3, 0.4) is 0 Å². The average molecular weight is 234 g/mol. The van der Waals surface area contributed by atoms with Crippen LogP contribution >= 0.6 is 0 Å². The molecule has 1 atom stereocenters. The van der Waals surface area contributed by atoms with Crippen molar-refractivity contribution in [1.82, 2.24) is 0 Å². The molecule has 5 nitrogen and oxygen atoms in total. The lowest BCUT2D eigenvalue weighted by molar-refractivity contribution is 0.168. The molecular formula is C12H16N3O2. The van der Waals surface area contributed by atoms with E-state index in [1.54, 1.807) is 12.1 Å². The molecule has 0 fully saturated rings. The first kappa shape index (κ1) is 13.0. The van der Waals surface area contributed by atoms with Crippen molar-refractivity contribution in [2.45, 2.75) is 25.9 Å². The summed E-state index contributed by atoms with van der Waals surface area (Å²) in [5.41, 5.74) is 6.85. The number of guanidine groups is 1. The summed E-state index contributed by atoms with van der Waals surface area (Å²) in [6, 6.07) is 7.24. The van der Waals surface area contributed by atoms with Crippen LogP contribution in [0.1, 0.15) is 31.4 Å². The van der Waals surface area contributed by atoms with Crippen molar-refractivity contribution in [2.75, 3.05) is 5.32 Å². The van der Waals surface area contributed by atoms with Crippen molar-refractivity contribution < 1.29 is 9.53 Å². The van der Waals surface area contributed by atoms with Gasteiger partial charge in [-0.3, -0.25) is 5.41 Å². The zero-order valence-electron chi connectivity index (χ0n) is 9.69. The van der Waals surface area contributed by atoms with Crippen LogP contribution in [0.2, 0.25) is 0 Å². The summed E-state index contributed by atoms with van der Waals surface area (Å²) < 4.78 is 4.90. The molecule has 0 bridgehead atoms. The van der Waals surface area contributed by atoms with Crippen LogP contribution in [-0.4, -0.2) is 12.4 Å². The number of nitrogens with one attached hydrogen (secondary N) is 2. The lowest BCUT2D eigenvalue weighted by Gasteiger charge is -2.14. The van der Waals surface area contributed by atoms with Crippen molar-refractivity contribution in [3.8, 4) is 0 Å². The number of anilines is 1. The fraction of sp³-hybridized carbons (Fsp3) is 0.333. The number of rotatable bonds is 6. The van der Waals surface area contributed by atoms with Gasteiger partial charge in [0.2, 0.25) is 0 Å². The standard InChI is InChI=1S/C12H16N3O2/c1-2-3-11(17-8-16)9-4-6-10(7-5-9)15-12(13)14/h4-7,11H,2-3H2,1H3,(H4,13,14,15). The van der Waals surface area contributed by atoms with Crippen LogP contribution in [0.4, 0.5) is 5.69 Å². The van der Waals surface area contributed by atoms with E-state index in [4.69, 9.17) is 15.9 Å². The molecule has 0 heterocycles.